The normalized spacial score (nSPS) is 23.3. The van der Waals surface area contributed by atoms with Gasteiger partial charge in [-0.15, -0.1) is 0 Å². The predicted molar refractivity (Wildman–Crippen MR) is 58.9 cm³/mol. The summed E-state index contributed by atoms with van der Waals surface area (Å²) in [5, 5.41) is 0. The average molecular weight is 183 g/mol. The van der Waals surface area contributed by atoms with E-state index in [0.29, 0.717) is 11.0 Å². The van der Waals surface area contributed by atoms with Crippen LogP contribution in [0.3, 0.4) is 0 Å². The second-order valence-electron chi connectivity index (χ2n) is 5.90. The van der Waals surface area contributed by atoms with E-state index in [2.05, 4.69) is 46.4 Å². The summed E-state index contributed by atoms with van der Waals surface area (Å²) in [6, 6.07) is 0. The molecule has 0 atom stereocenters. The Balaban J connectivity index is 2.55. The second kappa shape index (κ2) is 3.27. The fourth-order valence-electron chi connectivity index (χ4n) is 2.19. The Bertz CT molecular complexity index is 170. The van der Waals surface area contributed by atoms with Crippen molar-refractivity contribution >= 4 is 0 Å². The Hall–Kier alpha value is -0.0400. The Labute approximate surface area is 83.5 Å². The maximum Gasteiger partial charge on any atom is 0.0125 e. The van der Waals surface area contributed by atoms with Crippen molar-refractivity contribution in [3.8, 4) is 0 Å². The van der Waals surface area contributed by atoms with Crippen molar-refractivity contribution in [3.63, 3.8) is 0 Å². The molecule has 0 N–H and O–H groups in total. The molecule has 0 unspecified atom stereocenters. The van der Waals surface area contributed by atoms with Crippen LogP contribution in [0.1, 0.15) is 48.0 Å². The van der Waals surface area contributed by atoms with Gasteiger partial charge in [0, 0.05) is 18.6 Å². The van der Waals surface area contributed by atoms with Crippen molar-refractivity contribution in [1.29, 1.82) is 0 Å². The molecule has 0 aromatic heterocycles. The summed E-state index contributed by atoms with van der Waals surface area (Å²) < 4.78 is 0. The number of nitrogens with zero attached hydrogens (tertiary/aromatic N) is 1. The van der Waals surface area contributed by atoms with Crippen LogP contribution in [0.15, 0.2) is 0 Å². The van der Waals surface area contributed by atoms with Crippen LogP contribution >= 0.6 is 0 Å². The van der Waals surface area contributed by atoms with Crippen LogP contribution in [-0.4, -0.2) is 23.5 Å². The van der Waals surface area contributed by atoms with E-state index in [1.807, 2.05) is 0 Å². The van der Waals surface area contributed by atoms with Crippen molar-refractivity contribution in [3.05, 3.63) is 0 Å². The van der Waals surface area contributed by atoms with E-state index >= 15 is 0 Å². The molecule has 1 saturated heterocycles. The quantitative estimate of drug-likeness (QED) is 0.635. The standard InChI is InChI=1S/C12H25N/c1-7-12(10(2)3)8-13(9-12)11(4,5)6/h10H,7-9H2,1-6H3. The maximum atomic E-state index is 2.59. The summed E-state index contributed by atoms with van der Waals surface area (Å²) in [4.78, 5) is 2.59. The minimum atomic E-state index is 0.369. The van der Waals surface area contributed by atoms with Gasteiger partial charge in [0.1, 0.15) is 0 Å². The molecule has 1 heterocycles. The smallest absolute Gasteiger partial charge is 0.0125 e. The molecule has 0 aromatic rings. The Morgan fingerprint density at radius 2 is 1.69 bits per heavy atom. The lowest BCUT2D eigenvalue weighted by Crippen LogP contribution is -2.64. The number of likely N-dealkylation sites (tertiary alicyclic amines) is 1. The first-order valence-electron chi connectivity index (χ1n) is 5.57. The summed E-state index contributed by atoms with van der Waals surface area (Å²) >= 11 is 0. The largest absolute Gasteiger partial charge is 0.297 e. The molecule has 0 saturated carbocycles. The fourth-order valence-corrected chi connectivity index (χ4v) is 2.19. The molecule has 1 fully saturated rings. The Kier molecular flexibility index (Phi) is 2.78. The lowest BCUT2D eigenvalue weighted by Gasteiger charge is -2.58. The van der Waals surface area contributed by atoms with Crippen LogP contribution in [0.5, 0.6) is 0 Å². The molecule has 0 radical (unpaired) electrons. The highest BCUT2D eigenvalue weighted by molar-refractivity contribution is 5.00. The number of hydrogen-bond acceptors (Lipinski definition) is 1. The molecule has 1 rings (SSSR count). The van der Waals surface area contributed by atoms with Gasteiger partial charge in [-0.1, -0.05) is 20.8 Å². The minimum absolute atomic E-state index is 0.369. The highest BCUT2D eigenvalue weighted by Gasteiger charge is 2.46. The Morgan fingerprint density at radius 3 is 1.92 bits per heavy atom. The lowest BCUT2D eigenvalue weighted by atomic mass is 9.67. The van der Waals surface area contributed by atoms with Gasteiger partial charge in [-0.05, 0) is 38.5 Å². The van der Waals surface area contributed by atoms with Gasteiger partial charge in [0.25, 0.3) is 0 Å². The van der Waals surface area contributed by atoms with Gasteiger partial charge in [0.05, 0.1) is 0 Å². The zero-order chi connectivity index (χ0) is 10.3. The highest BCUT2D eigenvalue weighted by atomic mass is 15.3. The van der Waals surface area contributed by atoms with Crippen LogP contribution in [0.4, 0.5) is 0 Å². The van der Waals surface area contributed by atoms with E-state index in [-0.39, 0.29) is 0 Å². The summed E-state index contributed by atoms with van der Waals surface area (Å²) in [6.07, 6.45) is 1.33. The SMILES string of the molecule is CCC1(C(C)C)CN(C(C)(C)C)C1. The molecular formula is C12H25N. The van der Waals surface area contributed by atoms with Gasteiger partial charge >= 0.3 is 0 Å². The molecule has 0 amide bonds. The summed E-state index contributed by atoms with van der Waals surface area (Å²) in [5.74, 6) is 0.830. The van der Waals surface area contributed by atoms with Gasteiger partial charge in [-0.25, -0.2) is 0 Å². The van der Waals surface area contributed by atoms with Gasteiger partial charge in [0.2, 0.25) is 0 Å². The third-order valence-corrected chi connectivity index (χ3v) is 3.89. The van der Waals surface area contributed by atoms with Crippen molar-refractivity contribution in [2.45, 2.75) is 53.5 Å². The third kappa shape index (κ3) is 1.90. The predicted octanol–water partition coefficient (Wildman–Crippen LogP) is 3.15. The summed E-state index contributed by atoms with van der Waals surface area (Å²) in [7, 11) is 0. The van der Waals surface area contributed by atoms with Crippen molar-refractivity contribution in [1.82, 2.24) is 4.90 Å². The first-order chi connectivity index (χ1) is 5.82. The molecule has 1 aliphatic heterocycles. The Morgan fingerprint density at radius 1 is 1.23 bits per heavy atom. The molecule has 0 spiro atoms. The number of rotatable bonds is 2. The summed E-state index contributed by atoms with van der Waals surface area (Å²) in [5.41, 5.74) is 0.987. The van der Waals surface area contributed by atoms with Crippen LogP contribution in [-0.2, 0) is 0 Å². The van der Waals surface area contributed by atoms with Gasteiger partial charge in [0.15, 0.2) is 0 Å². The number of hydrogen-bond donors (Lipinski definition) is 0. The molecule has 0 bridgehead atoms. The van der Waals surface area contributed by atoms with Crippen LogP contribution < -0.4 is 0 Å². The van der Waals surface area contributed by atoms with Gasteiger partial charge in [-0.2, -0.15) is 0 Å². The zero-order valence-corrected chi connectivity index (χ0v) is 10.1. The molecule has 1 aliphatic rings. The van der Waals surface area contributed by atoms with E-state index in [1.54, 1.807) is 0 Å². The fraction of sp³-hybridized carbons (Fsp3) is 1.00. The van der Waals surface area contributed by atoms with Crippen molar-refractivity contribution in [2.75, 3.05) is 13.1 Å². The lowest BCUT2D eigenvalue weighted by molar-refractivity contribution is -0.0878. The molecular weight excluding hydrogens is 158 g/mol. The molecule has 0 aliphatic carbocycles. The molecule has 78 valence electrons. The third-order valence-electron chi connectivity index (χ3n) is 3.89. The van der Waals surface area contributed by atoms with E-state index < -0.39 is 0 Å². The molecule has 13 heavy (non-hydrogen) atoms. The first-order valence-corrected chi connectivity index (χ1v) is 5.57. The van der Waals surface area contributed by atoms with Crippen molar-refractivity contribution < 1.29 is 0 Å². The van der Waals surface area contributed by atoms with Gasteiger partial charge in [-0.3, -0.25) is 4.90 Å². The summed E-state index contributed by atoms with van der Waals surface area (Å²) in [6.45, 7) is 16.6. The monoisotopic (exact) mass is 183 g/mol. The van der Waals surface area contributed by atoms with E-state index in [1.165, 1.54) is 19.5 Å². The van der Waals surface area contributed by atoms with Gasteiger partial charge < -0.3 is 0 Å². The minimum Gasteiger partial charge on any atom is -0.297 e. The maximum absolute atomic E-state index is 2.59. The second-order valence-corrected chi connectivity index (χ2v) is 5.90. The zero-order valence-electron chi connectivity index (χ0n) is 10.1. The van der Waals surface area contributed by atoms with Crippen LogP contribution in [0.25, 0.3) is 0 Å². The van der Waals surface area contributed by atoms with E-state index in [4.69, 9.17) is 0 Å². The molecule has 0 aromatic carbocycles. The average Bonchev–Trinajstić information content (AvgIpc) is 1.81. The van der Waals surface area contributed by atoms with E-state index in [9.17, 15) is 0 Å². The topological polar surface area (TPSA) is 3.24 Å². The highest BCUT2D eigenvalue weighted by Crippen LogP contribution is 2.43. The first kappa shape index (κ1) is 11.0. The van der Waals surface area contributed by atoms with Crippen LogP contribution in [0.2, 0.25) is 0 Å². The van der Waals surface area contributed by atoms with E-state index in [0.717, 1.165) is 5.92 Å². The molecule has 1 heteroatoms. The van der Waals surface area contributed by atoms with Crippen LogP contribution in [0, 0.1) is 11.3 Å². The van der Waals surface area contributed by atoms with Crippen molar-refractivity contribution in [2.24, 2.45) is 11.3 Å². The molecule has 1 nitrogen and oxygen atoms in total.